The summed E-state index contributed by atoms with van der Waals surface area (Å²) in [6.07, 6.45) is 0. The second kappa shape index (κ2) is 8.17. The highest BCUT2D eigenvalue weighted by atomic mass is 16.6. The minimum absolute atomic E-state index is 0.0535. The highest BCUT2D eigenvalue weighted by Gasteiger charge is 2.47. The van der Waals surface area contributed by atoms with Crippen LogP contribution in [0.4, 0.5) is 0 Å². The Labute approximate surface area is 128 Å². The molecule has 0 unspecified atom stereocenters. The molecule has 0 aromatic heterocycles. The summed E-state index contributed by atoms with van der Waals surface area (Å²) in [6.45, 7) is 17.8. The van der Waals surface area contributed by atoms with E-state index < -0.39 is 11.5 Å². The molecule has 0 bridgehead atoms. The Morgan fingerprint density at radius 3 is 1.81 bits per heavy atom. The summed E-state index contributed by atoms with van der Waals surface area (Å²) in [5.41, 5.74) is -0.295. The van der Waals surface area contributed by atoms with Gasteiger partial charge in [0.05, 0.1) is 19.6 Å². The van der Waals surface area contributed by atoms with Gasteiger partial charge in [0.25, 0.3) is 0 Å². The normalized spacial score (nSPS) is 11.9. The van der Waals surface area contributed by atoms with E-state index in [0.29, 0.717) is 10.1 Å². The molecule has 0 spiro atoms. The summed E-state index contributed by atoms with van der Waals surface area (Å²) < 4.78 is 10.9. The quantitative estimate of drug-likeness (QED) is 0.284. The van der Waals surface area contributed by atoms with Gasteiger partial charge in [0.2, 0.25) is 0 Å². The fraction of sp³-hybridized carbons (Fsp3) is 0.750. The predicted molar refractivity (Wildman–Crippen MR) is 82.7 cm³/mol. The van der Waals surface area contributed by atoms with Crippen molar-refractivity contribution in [2.45, 2.75) is 47.1 Å². The van der Waals surface area contributed by atoms with E-state index in [1.54, 1.807) is 6.92 Å². The van der Waals surface area contributed by atoms with Crippen LogP contribution in [0, 0.1) is 0 Å². The van der Waals surface area contributed by atoms with Crippen molar-refractivity contribution in [2.75, 3.05) is 32.8 Å². The van der Waals surface area contributed by atoms with Crippen molar-refractivity contribution in [1.29, 1.82) is 0 Å². The number of rotatable bonds is 9. The number of carbonyl (C=O) groups excluding carboxylic acids is 2. The van der Waals surface area contributed by atoms with Crippen LogP contribution in [0.25, 0.3) is 0 Å². The van der Waals surface area contributed by atoms with Gasteiger partial charge < -0.3 is 14.0 Å². The maximum Gasteiger partial charge on any atom is 0.367 e. The number of carbonyl (C=O) groups is 2. The maximum absolute atomic E-state index is 12.4. The van der Waals surface area contributed by atoms with E-state index in [9.17, 15) is 9.59 Å². The predicted octanol–water partition coefficient (Wildman–Crippen LogP) is 2.30. The van der Waals surface area contributed by atoms with Crippen LogP contribution in [0.15, 0.2) is 12.2 Å². The molecule has 122 valence electrons. The van der Waals surface area contributed by atoms with E-state index in [2.05, 4.69) is 27.4 Å². The molecule has 0 saturated carbocycles. The van der Waals surface area contributed by atoms with E-state index in [4.69, 9.17) is 9.47 Å². The van der Waals surface area contributed by atoms with Gasteiger partial charge in [-0.1, -0.05) is 6.58 Å². The molecule has 0 aliphatic rings. The first-order valence-corrected chi connectivity index (χ1v) is 7.54. The molecule has 0 fully saturated rings. The lowest BCUT2D eigenvalue weighted by atomic mass is 9.98. The molecule has 5 nitrogen and oxygen atoms in total. The maximum atomic E-state index is 12.4. The molecule has 0 aromatic carbocycles. The number of ether oxygens (including phenoxy) is 2. The van der Waals surface area contributed by atoms with Gasteiger partial charge in [-0.2, -0.15) is 0 Å². The van der Waals surface area contributed by atoms with Crippen LogP contribution in [-0.4, -0.2) is 54.8 Å². The lowest BCUT2D eigenvalue weighted by Crippen LogP contribution is -2.65. The Kier molecular flexibility index (Phi) is 7.64. The molecule has 0 aliphatic carbocycles. The molecule has 0 aliphatic heterocycles. The molecule has 21 heavy (non-hydrogen) atoms. The van der Waals surface area contributed by atoms with Crippen molar-refractivity contribution in [3.05, 3.63) is 12.2 Å². The molecule has 0 heterocycles. The fourth-order valence-electron chi connectivity index (χ4n) is 2.62. The Hall–Kier alpha value is -1.36. The van der Waals surface area contributed by atoms with Crippen molar-refractivity contribution in [3.63, 3.8) is 0 Å². The van der Waals surface area contributed by atoms with Gasteiger partial charge >= 0.3 is 11.9 Å². The summed E-state index contributed by atoms with van der Waals surface area (Å²) in [5, 5.41) is 0. The zero-order valence-corrected chi connectivity index (χ0v) is 14.3. The molecular weight excluding hydrogens is 270 g/mol. The van der Waals surface area contributed by atoms with Crippen LogP contribution in [0.5, 0.6) is 0 Å². The average Bonchev–Trinajstić information content (AvgIpc) is 2.44. The zero-order valence-electron chi connectivity index (χ0n) is 14.3. The third-order valence-electron chi connectivity index (χ3n) is 4.40. The molecule has 0 atom stereocenters. The second-order valence-corrected chi connectivity index (χ2v) is 5.71. The standard InChI is InChI=1S/C16H30NO4/c1-8-17(9-2,10-3)16(6,7)15(19)21-12-11-20-14(18)13(4)5/h4,8-12H2,1-3,5-7H3/q+1. The summed E-state index contributed by atoms with van der Waals surface area (Å²) in [4.78, 5) is 23.6. The van der Waals surface area contributed by atoms with Crippen LogP contribution in [0.3, 0.4) is 0 Å². The summed E-state index contributed by atoms with van der Waals surface area (Å²) in [6, 6.07) is 0. The Balaban J connectivity index is 4.57. The number of hydrogen-bond acceptors (Lipinski definition) is 4. The first-order chi connectivity index (χ1) is 9.68. The van der Waals surface area contributed by atoms with Gasteiger partial charge in [-0.05, 0) is 27.7 Å². The van der Waals surface area contributed by atoms with E-state index >= 15 is 0 Å². The van der Waals surface area contributed by atoms with Gasteiger partial charge in [0, 0.05) is 19.4 Å². The number of hydrogen-bond donors (Lipinski definition) is 0. The largest absolute Gasteiger partial charge is 0.459 e. The molecule has 0 aromatic rings. The van der Waals surface area contributed by atoms with Gasteiger partial charge in [0.1, 0.15) is 13.2 Å². The van der Waals surface area contributed by atoms with Crippen molar-refractivity contribution in [2.24, 2.45) is 0 Å². The van der Waals surface area contributed by atoms with Crippen molar-refractivity contribution in [1.82, 2.24) is 0 Å². The molecule has 0 radical (unpaired) electrons. The smallest absolute Gasteiger partial charge is 0.367 e. The lowest BCUT2D eigenvalue weighted by molar-refractivity contribution is -0.959. The molecule has 0 N–H and O–H groups in total. The number of likely N-dealkylation sites (N-methyl/N-ethyl adjacent to an activating group) is 1. The van der Waals surface area contributed by atoms with Crippen molar-refractivity contribution >= 4 is 11.9 Å². The minimum atomic E-state index is -0.628. The van der Waals surface area contributed by atoms with Crippen LogP contribution in [0.2, 0.25) is 0 Å². The first kappa shape index (κ1) is 19.6. The van der Waals surface area contributed by atoms with Crippen LogP contribution in [0.1, 0.15) is 41.5 Å². The van der Waals surface area contributed by atoms with E-state index in [1.165, 1.54) is 0 Å². The topological polar surface area (TPSA) is 52.6 Å². The van der Waals surface area contributed by atoms with Crippen molar-refractivity contribution < 1.29 is 23.5 Å². The zero-order chi connectivity index (χ0) is 16.7. The molecule has 0 amide bonds. The SMILES string of the molecule is C=C(C)C(=O)OCCOC(=O)C(C)(C)[N+](CC)(CC)CC. The molecule has 0 rings (SSSR count). The van der Waals surface area contributed by atoms with Crippen molar-refractivity contribution in [3.8, 4) is 0 Å². The number of quaternary nitrogens is 1. The third kappa shape index (κ3) is 4.56. The monoisotopic (exact) mass is 300 g/mol. The Bertz CT molecular complexity index is 375. The van der Waals surface area contributed by atoms with E-state index in [0.717, 1.165) is 19.6 Å². The number of nitrogens with zero attached hydrogens (tertiary/aromatic N) is 1. The third-order valence-corrected chi connectivity index (χ3v) is 4.40. The van der Waals surface area contributed by atoms with Crippen LogP contribution in [-0.2, 0) is 19.1 Å². The van der Waals surface area contributed by atoms with Gasteiger partial charge in [-0.25, -0.2) is 9.59 Å². The molecular formula is C16H30NO4+. The first-order valence-electron chi connectivity index (χ1n) is 7.54. The average molecular weight is 300 g/mol. The highest BCUT2D eigenvalue weighted by Crippen LogP contribution is 2.26. The van der Waals surface area contributed by atoms with Gasteiger partial charge in [-0.15, -0.1) is 0 Å². The Morgan fingerprint density at radius 1 is 1.00 bits per heavy atom. The van der Waals surface area contributed by atoms with Crippen LogP contribution < -0.4 is 0 Å². The van der Waals surface area contributed by atoms with E-state index in [-0.39, 0.29) is 19.2 Å². The second-order valence-electron chi connectivity index (χ2n) is 5.71. The summed E-state index contributed by atoms with van der Waals surface area (Å²) >= 11 is 0. The minimum Gasteiger partial charge on any atom is -0.459 e. The van der Waals surface area contributed by atoms with Gasteiger partial charge in [-0.3, -0.25) is 0 Å². The molecule has 0 saturated heterocycles. The summed E-state index contributed by atoms with van der Waals surface area (Å²) in [5.74, 6) is -0.731. The Morgan fingerprint density at radius 2 is 1.43 bits per heavy atom. The van der Waals surface area contributed by atoms with Gasteiger partial charge in [0.15, 0.2) is 5.54 Å². The van der Waals surface area contributed by atoms with E-state index in [1.807, 2.05) is 13.8 Å². The number of esters is 2. The fourth-order valence-corrected chi connectivity index (χ4v) is 2.62. The van der Waals surface area contributed by atoms with Crippen LogP contribution >= 0.6 is 0 Å². The summed E-state index contributed by atoms with van der Waals surface area (Å²) in [7, 11) is 0. The lowest BCUT2D eigenvalue weighted by Gasteiger charge is -2.46. The highest BCUT2D eigenvalue weighted by molar-refractivity contribution is 5.86. The molecule has 5 heteroatoms.